The molecule has 0 bridgehead atoms. The lowest BCUT2D eigenvalue weighted by molar-refractivity contribution is -0.122. The number of carbonyl (C=O) groups is 1. The zero-order valence-corrected chi connectivity index (χ0v) is 11.5. The molecule has 3 aromatic carbocycles. The Labute approximate surface area is 122 Å². The van der Waals surface area contributed by atoms with E-state index in [0.29, 0.717) is 6.42 Å². The summed E-state index contributed by atoms with van der Waals surface area (Å²) >= 11 is 0. The van der Waals surface area contributed by atoms with Crippen LogP contribution in [0.15, 0.2) is 54.6 Å². The van der Waals surface area contributed by atoms with Gasteiger partial charge in [-0.1, -0.05) is 48.5 Å². The average molecular weight is 279 g/mol. The van der Waals surface area contributed by atoms with E-state index in [1.807, 2.05) is 24.3 Å². The number of hydrogen-bond acceptors (Lipinski definition) is 3. The van der Waals surface area contributed by atoms with Gasteiger partial charge in [-0.2, -0.15) is 0 Å². The van der Waals surface area contributed by atoms with Crippen molar-refractivity contribution in [3.05, 3.63) is 60.2 Å². The number of hydrazine groups is 1. The quantitative estimate of drug-likeness (QED) is 0.296. The number of nitrogens with one attached hydrogen (secondary N) is 1. The highest BCUT2D eigenvalue weighted by molar-refractivity contribution is 6.02. The third kappa shape index (κ3) is 2.46. The van der Waals surface area contributed by atoms with E-state index >= 15 is 0 Å². The first-order chi connectivity index (χ1) is 10.2. The van der Waals surface area contributed by atoms with Gasteiger partial charge in [-0.3, -0.25) is 10.2 Å². The van der Waals surface area contributed by atoms with Crippen molar-refractivity contribution in [3.8, 4) is 0 Å². The zero-order chi connectivity index (χ0) is 14.8. The predicted molar refractivity (Wildman–Crippen MR) is 85.5 cm³/mol. The van der Waals surface area contributed by atoms with Crippen molar-refractivity contribution in [2.24, 2.45) is 11.6 Å². The molecule has 3 aromatic rings. The van der Waals surface area contributed by atoms with Crippen LogP contribution in [0, 0.1) is 0 Å². The van der Waals surface area contributed by atoms with Gasteiger partial charge < -0.3 is 5.73 Å². The summed E-state index contributed by atoms with van der Waals surface area (Å²) < 4.78 is 0. The summed E-state index contributed by atoms with van der Waals surface area (Å²) in [6.07, 6.45) is 0.449. The minimum absolute atomic E-state index is 0.355. The monoisotopic (exact) mass is 279 g/mol. The first kappa shape index (κ1) is 13.5. The first-order valence-corrected chi connectivity index (χ1v) is 6.86. The van der Waals surface area contributed by atoms with Crippen LogP contribution in [0.4, 0.5) is 0 Å². The maximum absolute atomic E-state index is 11.6. The molecule has 21 heavy (non-hydrogen) atoms. The van der Waals surface area contributed by atoms with Crippen molar-refractivity contribution in [1.82, 2.24) is 5.43 Å². The highest BCUT2D eigenvalue weighted by Crippen LogP contribution is 2.29. The minimum Gasteiger partial charge on any atom is -0.320 e. The predicted octanol–water partition coefficient (Wildman–Crippen LogP) is 1.85. The topological polar surface area (TPSA) is 81.1 Å². The molecular weight excluding hydrogens is 262 g/mol. The van der Waals surface area contributed by atoms with Crippen molar-refractivity contribution >= 4 is 27.5 Å². The van der Waals surface area contributed by atoms with E-state index in [1.165, 1.54) is 0 Å². The van der Waals surface area contributed by atoms with Gasteiger partial charge in [0.25, 0.3) is 5.91 Å². The minimum atomic E-state index is -0.663. The third-order valence-electron chi connectivity index (χ3n) is 3.79. The molecule has 0 radical (unpaired) electrons. The summed E-state index contributed by atoms with van der Waals surface area (Å²) in [7, 11) is 0. The number of rotatable bonds is 3. The van der Waals surface area contributed by atoms with Crippen LogP contribution >= 0.6 is 0 Å². The molecule has 1 atom stereocenters. The van der Waals surface area contributed by atoms with Gasteiger partial charge in [0.1, 0.15) is 0 Å². The van der Waals surface area contributed by atoms with Crippen LogP contribution in [-0.2, 0) is 11.2 Å². The molecule has 1 amide bonds. The van der Waals surface area contributed by atoms with Crippen LogP contribution in [-0.4, -0.2) is 11.9 Å². The Morgan fingerprint density at radius 2 is 1.52 bits per heavy atom. The highest BCUT2D eigenvalue weighted by Gasteiger charge is 2.16. The summed E-state index contributed by atoms with van der Waals surface area (Å²) in [5.74, 6) is 4.82. The van der Waals surface area contributed by atoms with E-state index in [0.717, 1.165) is 27.1 Å². The van der Waals surface area contributed by atoms with Crippen LogP contribution in [0.2, 0.25) is 0 Å². The van der Waals surface area contributed by atoms with E-state index in [1.54, 1.807) is 0 Å². The van der Waals surface area contributed by atoms with Gasteiger partial charge >= 0.3 is 0 Å². The Morgan fingerprint density at radius 1 is 1.00 bits per heavy atom. The van der Waals surface area contributed by atoms with Crippen molar-refractivity contribution in [1.29, 1.82) is 0 Å². The van der Waals surface area contributed by atoms with E-state index in [4.69, 9.17) is 11.6 Å². The maximum Gasteiger partial charge on any atom is 0.251 e. The number of benzene rings is 3. The van der Waals surface area contributed by atoms with Gasteiger partial charge in [0.15, 0.2) is 0 Å². The van der Waals surface area contributed by atoms with Crippen LogP contribution in [0.1, 0.15) is 5.56 Å². The Morgan fingerprint density at radius 3 is 2.05 bits per heavy atom. The van der Waals surface area contributed by atoms with Gasteiger partial charge in [-0.25, -0.2) is 5.84 Å². The summed E-state index contributed by atoms with van der Waals surface area (Å²) in [6, 6.07) is 17.8. The molecule has 106 valence electrons. The summed E-state index contributed by atoms with van der Waals surface area (Å²) in [6.45, 7) is 0. The van der Waals surface area contributed by atoms with Crippen molar-refractivity contribution in [3.63, 3.8) is 0 Å². The summed E-state index contributed by atoms with van der Waals surface area (Å²) in [4.78, 5) is 11.6. The average Bonchev–Trinajstić information content (AvgIpc) is 2.53. The molecule has 3 rings (SSSR count). The summed E-state index contributed by atoms with van der Waals surface area (Å²) in [5.41, 5.74) is 9.15. The summed E-state index contributed by atoms with van der Waals surface area (Å²) in [5, 5.41) is 4.53. The fourth-order valence-corrected chi connectivity index (χ4v) is 2.75. The zero-order valence-electron chi connectivity index (χ0n) is 11.5. The Kier molecular flexibility index (Phi) is 3.56. The first-order valence-electron chi connectivity index (χ1n) is 6.86. The Balaban J connectivity index is 2.22. The molecule has 4 heteroatoms. The molecule has 0 fully saturated rings. The van der Waals surface area contributed by atoms with E-state index in [9.17, 15) is 4.79 Å². The lowest BCUT2D eigenvalue weighted by atomic mass is 9.92. The standard InChI is InChI=1S/C17H17N3O/c18-16(17(21)20-19)10-15-13-7-3-1-5-11(13)9-12-6-2-4-8-14(12)15/h1-9,16H,10,18-19H2,(H,20,21)/t16-/m0/s1. The molecule has 0 aliphatic rings. The van der Waals surface area contributed by atoms with Gasteiger partial charge in [-0.15, -0.1) is 0 Å². The van der Waals surface area contributed by atoms with Crippen molar-refractivity contribution < 1.29 is 4.79 Å². The second-order valence-corrected chi connectivity index (χ2v) is 5.12. The third-order valence-corrected chi connectivity index (χ3v) is 3.79. The van der Waals surface area contributed by atoms with Crippen molar-refractivity contribution in [2.45, 2.75) is 12.5 Å². The second kappa shape index (κ2) is 5.52. The molecule has 0 unspecified atom stereocenters. The van der Waals surface area contributed by atoms with E-state index in [2.05, 4.69) is 35.8 Å². The van der Waals surface area contributed by atoms with Gasteiger partial charge in [0.2, 0.25) is 0 Å². The number of hydrogen-bond donors (Lipinski definition) is 3. The SMILES string of the molecule is NNC(=O)[C@@H](N)Cc1c2ccccc2cc2ccccc12. The van der Waals surface area contributed by atoms with Gasteiger partial charge in [0.05, 0.1) is 6.04 Å². The van der Waals surface area contributed by atoms with Gasteiger partial charge in [-0.05, 0) is 39.6 Å². The molecular formula is C17H17N3O. The Bertz CT molecular complexity index is 759. The molecule has 0 aliphatic heterocycles. The largest absolute Gasteiger partial charge is 0.320 e. The Hall–Kier alpha value is -2.43. The number of amides is 1. The molecule has 0 saturated carbocycles. The smallest absolute Gasteiger partial charge is 0.251 e. The lowest BCUT2D eigenvalue weighted by Crippen LogP contribution is -2.45. The number of fused-ring (bicyclic) bond motifs is 2. The van der Waals surface area contributed by atoms with Crippen molar-refractivity contribution in [2.75, 3.05) is 0 Å². The fourth-order valence-electron chi connectivity index (χ4n) is 2.75. The van der Waals surface area contributed by atoms with Crippen LogP contribution in [0.5, 0.6) is 0 Å². The molecule has 4 nitrogen and oxygen atoms in total. The molecule has 0 heterocycles. The van der Waals surface area contributed by atoms with Crippen LogP contribution in [0.25, 0.3) is 21.5 Å². The normalized spacial score (nSPS) is 12.5. The highest BCUT2D eigenvalue weighted by atomic mass is 16.2. The molecule has 5 N–H and O–H groups in total. The fraction of sp³-hybridized carbons (Fsp3) is 0.118. The molecule has 0 spiro atoms. The lowest BCUT2D eigenvalue weighted by Gasteiger charge is -2.15. The van der Waals surface area contributed by atoms with Crippen LogP contribution in [0.3, 0.4) is 0 Å². The van der Waals surface area contributed by atoms with E-state index < -0.39 is 6.04 Å². The number of nitrogens with two attached hydrogens (primary N) is 2. The van der Waals surface area contributed by atoms with Crippen LogP contribution < -0.4 is 17.0 Å². The number of carbonyl (C=O) groups excluding carboxylic acids is 1. The second-order valence-electron chi connectivity index (χ2n) is 5.12. The van der Waals surface area contributed by atoms with E-state index in [-0.39, 0.29) is 5.91 Å². The molecule has 0 saturated heterocycles. The maximum atomic E-state index is 11.6. The molecule has 0 aliphatic carbocycles. The van der Waals surface area contributed by atoms with Gasteiger partial charge in [0, 0.05) is 0 Å². The molecule has 0 aromatic heterocycles.